The highest BCUT2D eigenvalue weighted by atomic mass is 32.1. The van der Waals surface area contributed by atoms with Crippen LogP contribution < -0.4 is 15.1 Å². The molecule has 0 bridgehead atoms. The van der Waals surface area contributed by atoms with Crippen LogP contribution >= 0.6 is 24.4 Å². The zero-order chi connectivity index (χ0) is 29.3. The highest BCUT2D eigenvalue weighted by Gasteiger charge is 2.58. The van der Waals surface area contributed by atoms with Gasteiger partial charge in [0.2, 0.25) is 0 Å². The summed E-state index contributed by atoms with van der Waals surface area (Å²) >= 11 is 11.7. The van der Waals surface area contributed by atoms with Gasteiger partial charge in [-0.2, -0.15) is 5.26 Å². The Labute approximate surface area is 247 Å². The zero-order valence-corrected chi connectivity index (χ0v) is 23.6. The number of aliphatic hydroxyl groups excluding tert-OH is 1. The number of thiocarbonyl (C=S) groups is 2. The first-order valence-electron chi connectivity index (χ1n) is 12.8. The first-order valence-corrected chi connectivity index (χ1v) is 13.6. The normalized spacial score (nSPS) is 16.6. The van der Waals surface area contributed by atoms with Crippen molar-refractivity contribution in [3.8, 4) is 6.07 Å². The Bertz CT molecular complexity index is 1650. The average molecular weight is 587 g/mol. The summed E-state index contributed by atoms with van der Waals surface area (Å²) in [4.78, 5) is 12.3. The molecule has 3 aromatic rings. The van der Waals surface area contributed by atoms with Gasteiger partial charge in [-0.1, -0.05) is 18.2 Å². The topological polar surface area (TPSA) is 79.2 Å². The molecule has 1 spiro atoms. The van der Waals surface area contributed by atoms with Gasteiger partial charge in [-0.05, 0) is 104 Å². The minimum Gasteiger partial charge on any atom is -0.392 e. The van der Waals surface area contributed by atoms with Crippen molar-refractivity contribution in [2.24, 2.45) is 4.99 Å². The molecular formula is C30H24F2N6OS2. The van der Waals surface area contributed by atoms with Gasteiger partial charge in [0.25, 0.3) is 6.43 Å². The van der Waals surface area contributed by atoms with E-state index in [0.717, 1.165) is 41.8 Å². The van der Waals surface area contributed by atoms with Crippen LogP contribution in [0.2, 0.25) is 0 Å². The number of benzene rings is 3. The monoisotopic (exact) mass is 586 g/mol. The lowest BCUT2D eigenvalue weighted by atomic mass is 9.74. The van der Waals surface area contributed by atoms with Crippen molar-refractivity contribution in [2.45, 2.75) is 44.8 Å². The lowest BCUT2D eigenvalue weighted by Gasteiger charge is -2.44. The van der Waals surface area contributed by atoms with E-state index in [1.165, 1.54) is 18.2 Å². The maximum atomic E-state index is 13.5. The van der Waals surface area contributed by atoms with E-state index in [4.69, 9.17) is 36.0 Å². The molecule has 0 radical (unpaired) electrons. The Morgan fingerprint density at radius 1 is 1.17 bits per heavy atom. The number of aryl methyl sites for hydroxylation is 1. The van der Waals surface area contributed by atoms with Gasteiger partial charge in [-0.15, -0.1) is 0 Å². The minimum atomic E-state index is -2.82. The zero-order valence-electron chi connectivity index (χ0n) is 21.9. The standard InChI is InChI=1S/C30H24F2N6OS2/c1-18-14-23(10-11-25(18)34-2)37-27(36-28(40)35-21-7-6-20(16-33)24(15-21)26(31)32)30(12-3-13-30)38(29(37)41)22-8-4-19(17-39)5-9-22/h4-11,14-15,26,39H,3,12-13,17H2,1H3,(H,35,40). The van der Waals surface area contributed by atoms with Crippen LogP contribution in [0.5, 0.6) is 0 Å². The molecule has 0 aromatic heterocycles. The average Bonchev–Trinajstić information content (AvgIpc) is 3.20. The Balaban J connectivity index is 1.59. The number of nitrogens with one attached hydrogen (secondary N) is 1. The van der Waals surface area contributed by atoms with Crippen LogP contribution in [0.3, 0.4) is 0 Å². The molecule has 1 aliphatic heterocycles. The lowest BCUT2D eigenvalue weighted by molar-refractivity contribution is 0.151. The molecule has 7 nitrogen and oxygen atoms in total. The largest absolute Gasteiger partial charge is 0.392 e. The molecule has 2 N–H and O–H groups in total. The van der Waals surface area contributed by atoms with Crippen molar-refractivity contribution < 1.29 is 13.9 Å². The van der Waals surface area contributed by atoms with E-state index >= 15 is 0 Å². The molecule has 5 rings (SSSR count). The number of alkyl halides is 2. The lowest BCUT2D eigenvalue weighted by Crippen LogP contribution is -2.55. The number of rotatable bonds is 5. The number of hydrogen-bond donors (Lipinski definition) is 2. The van der Waals surface area contributed by atoms with E-state index in [1.54, 1.807) is 12.1 Å². The predicted octanol–water partition coefficient (Wildman–Crippen LogP) is 7.18. The van der Waals surface area contributed by atoms with Crippen molar-refractivity contribution in [3.05, 3.63) is 94.3 Å². The summed E-state index contributed by atoms with van der Waals surface area (Å²) in [5.41, 5.74) is 2.83. The molecule has 1 saturated heterocycles. The fraction of sp³-hybridized carbons (Fsp3) is 0.233. The predicted molar refractivity (Wildman–Crippen MR) is 164 cm³/mol. The molecule has 2 aliphatic rings. The van der Waals surface area contributed by atoms with Crippen molar-refractivity contribution in [2.75, 3.05) is 15.1 Å². The molecule has 206 valence electrons. The van der Waals surface area contributed by atoms with Crippen LogP contribution in [-0.2, 0) is 6.61 Å². The summed E-state index contributed by atoms with van der Waals surface area (Å²) in [6.07, 6.45) is -0.389. The van der Waals surface area contributed by atoms with E-state index in [9.17, 15) is 19.1 Å². The third kappa shape index (κ3) is 5.04. The SMILES string of the molecule is [C-]#[N+]c1ccc(N2C(=S)N(c3ccc(CO)cc3)C3(CCC3)C2=NC(=S)Nc2ccc(C#N)c(C(F)F)c2)cc1C. The number of nitriles is 1. The van der Waals surface area contributed by atoms with Gasteiger partial charge in [0, 0.05) is 22.6 Å². The maximum absolute atomic E-state index is 13.5. The van der Waals surface area contributed by atoms with Crippen LogP contribution in [-0.4, -0.2) is 26.7 Å². The fourth-order valence-corrected chi connectivity index (χ4v) is 5.89. The van der Waals surface area contributed by atoms with Crippen molar-refractivity contribution in [3.63, 3.8) is 0 Å². The van der Waals surface area contributed by atoms with Gasteiger partial charge in [-0.25, -0.2) is 18.6 Å². The summed E-state index contributed by atoms with van der Waals surface area (Å²) in [5.74, 6) is 0.593. The molecule has 0 unspecified atom stereocenters. The molecule has 1 heterocycles. The van der Waals surface area contributed by atoms with Crippen molar-refractivity contribution >= 4 is 63.2 Å². The highest BCUT2D eigenvalue weighted by molar-refractivity contribution is 7.81. The molecule has 3 aromatic carbocycles. The summed E-state index contributed by atoms with van der Waals surface area (Å²) in [6.45, 7) is 9.21. The minimum absolute atomic E-state index is 0.0518. The van der Waals surface area contributed by atoms with Gasteiger partial charge in [0.1, 0.15) is 11.4 Å². The molecule has 1 saturated carbocycles. The Kier molecular flexibility index (Phi) is 7.78. The second-order valence-electron chi connectivity index (χ2n) is 9.83. The van der Waals surface area contributed by atoms with Crippen LogP contribution in [0.25, 0.3) is 4.85 Å². The fourth-order valence-electron chi connectivity index (χ4n) is 5.21. The van der Waals surface area contributed by atoms with Crippen molar-refractivity contribution in [1.29, 1.82) is 5.26 Å². The van der Waals surface area contributed by atoms with Crippen LogP contribution in [0.1, 0.15) is 47.9 Å². The number of aliphatic hydroxyl groups is 1. The third-order valence-electron chi connectivity index (χ3n) is 7.42. The Hall–Kier alpha value is -4.29. The van der Waals surface area contributed by atoms with Crippen LogP contribution in [0.4, 0.5) is 31.5 Å². The molecule has 11 heteroatoms. The van der Waals surface area contributed by atoms with Gasteiger partial charge < -0.3 is 15.3 Å². The van der Waals surface area contributed by atoms with E-state index in [-0.39, 0.29) is 28.5 Å². The molecule has 41 heavy (non-hydrogen) atoms. The molecule has 0 amide bonds. The van der Waals surface area contributed by atoms with E-state index in [1.807, 2.05) is 48.2 Å². The summed E-state index contributed by atoms with van der Waals surface area (Å²) < 4.78 is 27.1. The van der Waals surface area contributed by atoms with Gasteiger partial charge in [-0.3, -0.25) is 4.90 Å². The van der Waals surface area contributed by atoms with Crippen molar-refractivity contribution in [1.82, 2.24) is 0 Å². The quantitative estimate of drug-likeness (QED) is 0.242. The second-order valence-corrected chi connectivity index (χ2v) is 10.6. The summed E-state index contributed by atoms with van der Waals surface area (Å²) in [5, 5.41) is 22.2. The Morgan fingerprint density at radius 2 is 1.88 bits per heavy atom. The number of amidine groups is 1. The number of halogens is 2. The highest BCUT2D eigenvalue weighted by Crippen LogP contribution is 2.49. The van der Waals surface area contributed by atoms with E-state index in [2.05, 4.69) is 15.1 Å². The summed E-state index contributed by atoms with van der Waals surface area (Å²) in [6, 6.07) is 18.8. The van der Waals surface area contributed by atoms with Crippen LogP contribution in [0, 0.1) is 24.8 Å². The van der Waals surface area contributed by atoms with Gasteiger partial charge >= 0.3 is 0 Å². The Morgan fingerprint density at radius 3 is 2.44 bits per heavy atom. The number of anilines is 3. The van der Waals surface area contributed by atoms with Crippen LogP contribution in [0.15, 0.2) is 65.7 Å². The summed E-state index contributed by atoms with van der Waals surface area (Å²) in [7, 11) is 0. The second kappa shape index (κ2) is 11.3. The van der Waals surface area contributed by atoms with Gasteiger partial charge in [0.05, 0.1) is 24.8 Å². The molecular weight excluding hydrogens is 563 g/mol. The molecule has 0 atom stereocenters. The maximum Gasteiger partial charge on any atom is 0.265 e. The number of nitrogens with zero attached hydrogens (tertiary/aromatic N) is 5. The van der Waals surface area contributed by atoms with Gasteiger partial charge in [0.15, 0.2) is 15.9 Å². The first kappa shape index (κ1) is 28.2. The molecule has 2 fully saturated rings. The smallest absolute Gasteiger partial charge is 0.265 e. The van der Waals surface area contributed by atoms with E-state index in [0.29, 0.717) is 16.6 Å². The third-order valence-corrected chi connectivity index (χ3v) is 7.98. The molecule has 1 aliphatic carbocycles. The number of aliphatic imine (C=N–C) groups is 1. The first-order chi connectivity index (χ1) is 19.7. The van der Waals surface area contributed by atoms with E-state index < -0.39 is 12.0 Å². The number of hydrogen-bond acceptors (Lipinski definition) is 4.